The molecule has 0 unspecified atom stereocenters. The predicted molar refractivity (Wildman–Crippen MR) is 94.2 cm³/mol. The lowest BCUT2D eigenvalue weighted by molar-refractivity contribution is -0.119. The molecule has 0 saturated heterocycles. The minimum Gasteiger partial charge on any atom is -0.326 e. The fraction of sp³-hybridized carbons (Fsp3) is 0.263. The molecule has 6 heteroatoms. The van der Waals surface area contributed by atoms with Gasteiger partial charge >= 0.3 is 0 Å². The first-order valence-corrected chi connectivity index (χ1v) is 8.35. The third kappa shape index (κ3) is 3.28. The molecular weight excluding hydrogens is 316 g/mol. The molecule has 1 fully saturated rings. The summed E-state index contributed by atoms with van der Waals surface area (Å²) in [6.45, 7) is 1.48. The second kappa shape index (κ2) is 6.12. The first-order chi connectivity index (χ1) is 12.1. The minimum absolute atomic E-state index is 0.101. The minimum atomic E-state index is -0.101. The van der Waals surface area contributed by atoms with E-state index < -0.39 is 0 Å². The number of fused-ring (bicyclic) bond motifs is 1. The number of anilines is 1. The van der Waals surface area contributed by atoms with Gasteiger partial charge in [-0.1, -0.05) is 18.2 Å². The van der Waals surface area contributed by atoms with Crippen LogP contribution in [0.2, 0.25) is 0 Å². The van der Waals surface area contributed by atoms with Crippen LogP contribution in [0.4, 0.5) is 5.69 Å². The Morgan fingerprint density at radius 3 is 2.60 bits per heavy atom. The molecule has 0 bridgehead atoms. The highest BCUT2D eigenvalue weighted by Crippen LogP contribution is 2.30. The van der Waals surface area contributed by atoms with Crippen LogP contribution in [-0.4, -0.2) is 26.3 Å². The van der Waals surface area contributed by atoms with Crippen molar-refractivity contribution in [3.63, 3.8) is 0 Å². The largest absolute Gasteiger partial charge is 0.326 e. The number of hydrogen-bond donors (Lipinski definition) is 1. The third-order valence-corrected chi connectivity index (χ3v) is 4.27. The van der Waals surface area contributed by atoms with Crippen LogP contribution in [0.3, 0.4) is 0 Å². The molecule has 1 aromatic carbocycles. The second-order valence-electron chi connectivity index (χ2n) is 6.38. The fourth-order valence-electron chi connectivity index (χ4n) is 2.88. The van der Waals surface area contributed by atoms with Crippen LogP contribution in [0.25, 0.3) is 16.9 Å². The standard InChI is InChI=1S/C19H18N4O2/c1-12(24)20-15-9-7-13(8-10-15)16-3-2-4-19-21-18(22-23(16)19)11-17(25)14-5-6-14/h2-4,7-10,14H,5-6,11H2,1H3,(H,20,24). The molecule has 0 aliphatic heterocycles. The summed E-state index contributed by atoms with van der Waals surface area (Å²) in [5.41, 5.74) is 3.33. The van der Waals surface area contributed by atoms with Crippen molar-refractivity contribution in [2.75, 3.05) is 5.32 Å². The zero-order chi connectivity index (χ0) is 17.4. The summed E-state index contributed by atoms with van der Waals surface area (Å²) in [6.07, 6.45) is 2.30. The monoisotopic (exact) mass is 334 g/mol. The van der Waals surface area contributed by atoms with Crippen LogP contribution < -0.4 is 5.32 Å². The summed E-state index contributed by atoms with van der Waals surface area (Å²) in [7, 11) is 0. The highest BCUT2D eigenvalue weighted by atomic mass is 16.1. The number of Topliss-reactive ketones (excluding diaryl/α,β-unsaturated/α-hetero) is 1. The fourth-order valence-corrected chi connectivity index (χ4v) is 2.88. The van der Waals surface area contributed by atoms with Crippen molar-refractivity contribution in [3.8, 4) is 11.3 Å². The number of aromatic nitrogens is 3. The molecule has 1 aliphatic carbocycles. The van der Waals surface area contributed by atoms with Crippen molar-refractivity contribution < 1.29 is 9.59 Å². The van der Waals surface area contributed by atoms with E-state index in [-0.39, 0.29) is 17.6 Å². The van der Waals surface area contributed by atoms with Crippen molar-refractivity contribution in [2.45, 2.75) is 26.2 Å². The number of nitrogens with zero attached hydrogens (tertiary/aromatic N) is 3. The van der Waals surface area contributed by atoms with E-state index in [1.807, 2.05) is 42.5 Å². The van der Waals surface area contributed by atoms with Gasteiger partial charge in [-0.3, -0.25) is 9.59 Å². The molecule has 3 aromatic rings. The van der Waals surface area contributed by atoms with Gasteiger partial charge in [0, 0.05) is 24.1 Å². The van der Waals surface area contributed by atoms with E-state index >= 15 is 0 Å². The molecule has 1 aliphatic rings. The van der Waals surface area contributed by atoms with Crippen LogP contribution in [0.5, 0.6) is 0 Å². The van der Waals surface area contributed by atoms with Crippen molar-refractivity contribution >= 4 is 23.0 Å². The molecule has 0 atom stereocenters. The molecule has 1 N–H and O–H groups in total. The number of carbonyl (C=O) groups is 2. The van der Waals surface area contributed by atoms with Crippen molar-refractivity contribution in [1.29, 1.82) is 0 Å². The number of amides is 1. The topological polar surface area (TPSA) is 76.4 Å². The smallest absolute Gasteiger partial charge is 0.221 e. The molecule has 0 spiro atoms. The Bertz CT molecular complexity index is 955. The first kappa shape index (κ1) is 15.5. The highest BCUT2D eigenvalue weighted by molar-refractivity contribution is 5.89. The van der Waals surface area contributed by atoms with Gasteiger partial charge in [-0.05, 0) is 37.1 Å². The normalized spacial score (nSPS) is 13.8. The van der Waals surface area contributed by atoms with Gasteiger partial charge in [0.2, 0.25) is 5.91 Å². The Hall–Kier alpha value is -3.02. The number of pyridine rings is 1. The number of hydrogen-bond acceptors (Lipinski definition) is 4. The Balaban J connectivity index is 1.65. The Morgan fingerprint density at radius 2 is 1.92 bits per heavy atom. The quantitative estimate of drug-likeness (QED) is 0.778. The van der Waals surface area contributed by atoms with Gasteiger partial charge in [0.05, 0.1) is 12.1 Å². The molecule has 0 radical (unpaired) electrons. The van der Waals surface area contributed by atoms with Crippen LogP contribution >= 0.6 is 0 Å². The van der Waals surface area contributed by atoms with E-state index in [0.29, 0.717) is 12.2 Å². The zero-order valence-corrected chi connectivity index (χ0v) is 13.9. The molecule has 2 heterocycles. The Kier molecular flexibility index (Phi) is 3.80. The van der Waals surface area contributed by atoms with E-state index in [0.717, 1.165) is 35.4 Å². The molecule has 2 aromatic heterocycles. The average Bonchev–Trinajstić information content (AvgIpc) is 3.35. The summed E-state index contributed by atoms with van der Waals surface area (Å²) in [5, 5.41) is 7.28. The number of nitrogens with one attached hydrogen (secondary N) is 1. The van der Waals surface area contributed by atoms with Gasteiger partial charge in [-0.25, -0.2) is 9.50 Å². The maximum absolute atomic E-state index is 12.0. The SMILES string of the molecule is CC(=O)Nc1ccc(-c2cccc3nc(CC(=O)C4CC4)nn23)cc1. The maximum Gasteiger partial charge on any atom is 0.221 e. The van der Waals surface area contributed by atoms with Crippen LogP contribution in [0.15, 0.2) is 42.5 Å². The summed E-state index contributed by atoms with van der Waals surface area (Å²) in [4.78, 5) is 27.6. The summed E-state index contributed by atoms with van der Waals surface area (Å²) < 4.78 is 1.77. The summed E-state index contributed by atoms with van der Waals surface area (Å²) >= 11 is 0. The van der Waals surface area contributed by atoms with Gasteiger partial charge in [0.1, 0.15) is 5.78 Å². The van der Waals surface area contributed by atoms with Crippen molar-refractivity contribution in [2.24, 2.45) is 5.92 Å². The summed E-state index contributed by atoms with van der Waals surface area (Å²) in [5.74, 6) is 0.917. The number of rotatable bonds is 5. The van der Waals surface area contributed by atoms with E-state index in [2.05, 4.69) is 15.4 Å². The van der Waals surface area contributed by atoms with Gasteiger partial charge in [-0.2, -0.15) is 5.10 Å². The Labute approximate surface area is 144 Å². The average molecular weight is 334 g/mol. The van der Waals surface area contributed by atoms with Gasteiger partial charge in [0.25, 0.3) is 0 Å². The van der Waals surface area contributed by atoms with Crippen molar-refractivity contribution in [1.82, 2.24) is 14.6 Å². The van der Waals surface area contributed by atoms with E-state index in [4.69, 9.17) is 0 Å². The van der Waals surface area contributed by atoms with E-state index in [9.17, 15) is 9.59 Å². The molecule has 1 amide bonds. The van der Waals surface area contributed by atoms with E-state index in [1.54, 1.807) is 4.52 Å². The first-order valence-electron chi connectivity index (χ1n) is 8.35. The number of carbonyl (C=O) groups excluding carboxylic acids is 2. The van der Waals surface area contributed by atoms with Gasteiger partial charge < -0.3 is 5.32 Å². The molecule has 25 heavy (non-hydrogen) atoms. The second-order valence-corrected chi connectivity index (χ2v) is 6.38. The lowest BCUT2D eigenvalue weighted by atomic mass is 10.1. The maximum atomic E-state index is 12.0. The molecule has 4 rings (SSSR count). The van der Waals surface area contributed by atoms with E-state index in [1.165, 1.54) is 6.92 Å². The summed E-state index contributed by atoms with van der Waals surface area (Å²) in [6, 6.07) is 13.3. The van der Waals surface area contributed by atoms with Gasteiger partial charge in [0.15, 0.2) is 11.5 Å². The number of ketones is 1. The van der Waals surface area contributed by atoms with Crippen LogP contribution in [0.1, 0.15) is 25.6 Å². The van der Waals surface area contributed by atoms with Crippen molar-refractivity contribution in [3.05, 3.63) is 48.3 Å². The Morgan fingerprint density at radius 1 is 1.16 bits per heavy atom. The molecule has 126 valence electrons. The predicted octanol–water partition coefficient (Wildman–Crippen LogP) is 2.88. The van der Waals surface area contributed by atoms with Gasteiger partial charge in [-0.15, -0.1) is 0 Å². The molecule has 1 saturated carbocycles. The zero-order valence-electron chi connectivity index (χ0n) is 13.9. The van der Waals surface area contributed by atoms with Crippen LogP contribution in [-0.2, 0) is 16.0 Å². The molecular formula is C19H18N4O2. The van der Waals surface area contributed by atoms with Crippen LogP contribution in [0, 0.1) is 5.92 Å². The number of benzene rings is 1. The lowest BCUT2D eigenvalue weighted by Gasteiger charge is -2.06. The lowest BCUT2D eigenvalue weighted by Crippen LogP contribution is -2.06. The highest BCUT2D eigenvalue weighted by Gasteiger charge is 2.30. The third-order valence-electron chi connectivity index (χ3n) is 4.27. The molecule has 6 nitrogen and oxygen atoms in total.